The van der Waals surface area contributed by atoms with Crippen LogP contribution in [0.25, 0.3) is 6.08 Å². The lowest BCUT2D eigenvalue weighted by molar-refractivity contribution is -0.111. The van der Waals surface area contributed by atoms with Crippen LogP contribution in [-0.2, 0) is 4.79 Å². The molecule has 6 heteroatoms. The lowest BCUT2D eigenvalue weighted by Gasteiger charge is -2.09. The number of ether oxygens (including phenoxy) is 2. The van der Waals surface area contributed by atoms with Gasteiger partial charge in [0.1, 0.15) is 6.61 Å². The normalized spacial score (nSPS) is 10.4. The first-order chi connectivity index (χ1) is 13.6. The minimum absolute atomic E-state index is 0.181. The molecule has 0 saturated carbocycles. The third-order valence-electron chi connectivity index (χ3n) is 3.70. The van der Waals surface area contributed by atoms with Crippen molar-refractivity contribution in [2.45, 2.75) is 6.92 Å². The molecule has 0 aliphatic rings. The van der Waals surface area contributed by atoms with Crippen LogP contribution in [0.3, 0.4) is 0 Å². The van der Waals surface area contributed by atoms with Crippen LogP contribution in [0.15, 0.2) is 61.2 Å². The van der Waals surface area contributed by atoms with Gasteiger partial charge in [0.2, 0.25) is 5.91 Å². The van der Waals surface area contributed by atoms with Crippen molar-refractivity contribution in [3.63, 3.8) is 0 Å². The second kappa shape index (κ2) is 10.6. The Bertz CT molecular complexity index is 875. The molecule has 0 saturated heterocycles. The topological polar surface area (TPSA) is 76.7 Å². The highest BCUT2D eigenvalue weighted by Gasteiger charge is 2.07. The number of anilines is 1. The van der Waals surface area contributed by atoms with Crippen LogP contribution in [-0.4, -0.2) is 32.1 Å². The maximum atomic E-state index is 12.2. The minimum atomic E-state index is -0.306. The Morgan fingerprint density at radius 3 is 2.68 bits per heavy atom. The van der Waals surface area contributed by atoms with Crippen LogP contribution >= 0.6 is 0 Å². The molecule has 0 aromatic heterocycles. The molecule has 2 amide bonds. The standard InChI is InChI=1S/C22H24N2O4/c1-4-13-28-19-11-9-16(14-20(19)27-3)10-12-21(25)24-18-8-6-7-17(15-18)22(26)23-5-2/h4,6-12,14-15H,1,5,13H2,2-3H3,(H,23,26)(H,24,25)/b12-10+. The SMILES string of the molecule is C=CCOc1ccc(/C=C/C(=O)Nc2cccc(C(=O)NCC)c2)cc1OC. The van der Waals surface area contributed by atoms with Gasteiger partial charge < -0.3 is 20.1 Å². The second-order valence-corrected chi connectivity index (χ2v) is 5.77. The summed E-state index contributed by atoms with van der Waals surface area (Å²) in [6.45, 7) is 6.38. The summed E-state index contributed by atoms with van der Waals surface area (Å²) in [5.41, 5.74) is 1.82. The van der Waals surface area contributed by atoms with Gasteiger partial charge in [0.05, 0.1) is 7.11 Å². The molecule has 6 nitrogen and oxygen atoms in total. The highest BCUT2D eigenvalue weighted by Crippen LogP contribution is 2.28. The minimum Gasteiger partial charge on any atom is -0.493 e. The van der Waals surface area contributed by atoms with Crippen molar-refractivity contribution in [2.75, 3.05) is 25.6 Å². The number of rotatable bonds is 9. The Morgan fingerprint density at radius 2 is 1.96 bits per heavy atom. The second-order valence-electron chi connectivity index (χ2n) is 5.77. The van der Waals surface area contributed by atoms with Crippen molar-refractivity contribution >= 4 is 23.6 Å². The zero-order valence-electron chi connectivity index (χ0n) is 16.0. The number of hydrogen-bond donors (Lipinski definition) is 2. The molecule has 2 N–H and O–H groups in total. The zero-order chi connectivity index (χ0) is 20.4. The van der Waals surface area contributed by atoms with Crippen LogP contribution < -0.4 is 20.1 Å². The van der Waals surface area contributed by atoms with Crippen molar-refractivity contribution < 1.29 is 19.1 Å². The Labute approximate surface area is 164 Å². The highest BCUT2D eigenvalue weighted by molar-refractivity contribution is 6.03. The van der Waals surface area contributed by atoms with Gasteiger partial charge in [0, 0.05) is 23.9 Å². The Kier molecular flexibility index (Phi) is 7.84. The molecular formula is C22H24N2O4. The van der Waals surface area contributed by atoms with Crippen molar-refractivity contribution in [3.05, 3.63) is 72.3 Å². The van der Waals surface area contributed by atoms with Crippen LogP contribution in [0, 0.1) is 0 Å². The Morgan fingerprint density at radius 1 is 1.14 bits per heavy atom. The average molecular weight is 380 g/mol. The fourth-order valence-corrected chi connectivity index (χ4v) is 2.41. The van der Waals surface area contributed by atoms with Gasteiger partial charge in [0.15, 0.2) is 11.5 Å². The molecule has 146 valence electrons. The summed E-state index contributed by atoms with van der Waals surface area (Å²) in [6, 6.07) is 12.1. The van der Waals surface area contributed by atoms with Crippen molar-refractivity contribution in [3.8, 4) is 11.5 Å². The maximum absolute atomic E-state index is 12.2. The average Bonchev–Trinajstić information content (AvgIpc) is 2.71. The van der Waals surface area contributed by atoms with E-state index in [1.807, 2.05) is 13.0 Å². The number of carbonyl (C=O) groups excluding carboxylic acids is 2. The van der Waals surface area contributed by atoms with Crippen LogP contribution in [0.4, 0.5) is 5.69 Å². The van der Waals surface area contributed by atoms with E-state index in [1.165, 1.54) is 6.08 Å². The summed E-state index contributed by atoms with van der Waals surface area (Å²) in [4.78, 5) is 24.1. The van der Waals surface area contributed by atoms with Gasteiger partial charge >= 0.3 is 0 Å². The van der Waals surface area contributed by atoms with E-state index in [9.17, 15) is 9.59 Å². The fourth-order valence-electron chi connectivity index (χ4n) is 2.41. The largest absolute Gasteiger partial charge is 0.493 e. The molecular weight excluding hydrogens is 356 g/mol. The molecule has 0 aliphatic carbocycles. The van der Waals surface area contributed by atoms with Gasteiger partial charge in [-0.15, -0.1) is 0 Å². The summed E-state index contributed by atoms with van der Waals surface area (Å²) in [5.74, 6) is 0.684. The molecule has 0 radical (unpaired) electrons. The van der Waals surface area contributed by atoms with E-state index in [0.29, 0.717) is 35.9 Å². The number of hydrogen-bond acceptors (Lipinski definition) is 4. The number of methoxy groups -OCH3 is 1. The van der Waals surface area contributed by atoms with Gasteiger partial charge in [-0.1, -0.05) is 24.8 Å². The van der Waals surface area contributed by atoms with Crippen LogP contribution in [0.2, 0.25) is 0 Å². The van der Waals surface area contributed by atoms with Gasteiger partial charge in [-0.05, 0) is 48.9 Å². The third-order valence-corrected chi connectivity index (χ3v) is 3.70. The lowest BCUT2D eigenvalue weighted by atomic mass is 10.1. The molecule has 0 bridgehead atoms. The molecule has 0 aliphatic heterocycles. The molecule has 0 fully saturated rings. The number of carbonyl (C=O) groups is 2. The van der Waals surface area contributed by atoms with Crippen LogP contribution in [0.5, 0.6) is 11.5 Å². The number of nitrogens with one attached hydrogen (secondary N) is 2. The van der Waals surface area contributed by atoms with E-state index >= 15 is 0 Å². The van der Waals surface area contributed by atoms with Crippen molar-refractivity contribution in [2.24, 2.45) is 0 Å². The van der Waals surface area contributed by atoms with Gasteiger partial charge in [-0.25, -0.2) is 0 Å². The molecule has 2 aromatic carbocycles. The van der Waals surface area contributed by atoms with E-state index in [4.69, 9.17) is 9.47 Å². The first-order valence-corrected chi connectivity index (χ1v) is 8.86. The zero-order valence-corrected chi connectivity index (χ0v) is 16.0. The quantitative estimate of drug-likeness (QED) is 0.514. The Balaban J connectivity index is 2.04. The fraction of sp³-hybridized carbons (Fsp3) is 0.182. The molecule has 0 atom stereocenters. The first-order valence-electron chi connectivity index (χ1n) is 8.86. The molecule has 0 heterocycles. The summed E-state index contributed by atoms with van der Waals surface area (Å²) >= 11 is 0. The highest BCUT2D eigenvalue weighted by atomic mass is 16.5. The smallest absolute Gasteiger partial charge is 0.251 e. The first kappa shape index (κ1) is 20.8. The number of benzene rings is 2. The predicted octanol–water partition coefficient (Wildman–Crippen LogP) is 3.66. The summed E-state index contributed by atoms with van der Waals surface area (Å²) in [7, 11) is 1.55. The van der Waals surface area contributed by atoms with E-state index in [2.05, 4.69) is 17.2 Å². The molecule has 2 aromatic rings. The van der Waals surface area contributed by atoms with Crippen molar-refractivity contribution in [1.82, 2.24) is 5.32 Å². The van der Waals surface area contributed by atoms with Gasteiger partial charge in [0.25, 0.3) is 5.91 Å². The number of amides is 2. The summed E-state index contributed by atoms with van der Waals surface area (Å²) in [5, 5.41) is 5.47. The monoisotopic (exact) mass is 380 g/mol. The molecule has 0 spiro atoms. The third kappa shape index (κ3) is 6.02. The predicted molar refractivity (Wildman–Crippen MR) is 111 cm³/mol. The molecule has 0 unspecified atom stereocenters. The summed E-state index contributed by atoms with van der Waals surface area (Å²) in [6.07, 6.45) is 4.74. The van der Waals surface area contributed by atoms with Gasteiger partial charge in [-0.3, -0.25) is 9.59 Å². The summed E-state index contributed by atoms with van der Waals surface area (Å²) < 4.78 is 10.8. The molecule has 28 heavy (non-hydrogen) atoms. The van der Waals surface area contributed by atoms with E-state index in [1.54, 1.807) is 55.7 Å². The van der Waals surface area contributed by atoms with E-state index < -0.39 is 0 Å². The Hall–Kier alpha value is -3.54. The van der Waals surface area contributed by atoms with Gasteiger partial charge in [-0.2, -0.15) is 0 Å². The van der Waals surface area contributed by atoms with E-state index in [-0.39, 0.29) is 11.8 Å². The van der Waals surface area contributed by atoms with Crippen molar-refractivity contribution in [1.29, 1.82) is 0 Å². The lowest BCUT2D eigenvalue weighted by Crippen LogP contribution is -2.22. The maximum Gasteiger partial charge on any atom is 0.251 e. The van der Waals surface area contributed by atoms with E-state index in [0.717, 1.165) is 5.56 Å². The molecule has 2 rings (SSSR count). The van der Waals surface area contributed by atoms with Crippen LogP contribution in [0.1, 0.15) is 22.8 Å².